The van der Waals surface area contributed by atoms with Gasteiger partial charge in [0.15, 0.2) is 5.78 Å². The summed E-state index contributed by atoms with van der Waals surface area (Å²) >= 11 is 0. The maximum atomic E-state index is 13.0. The van der Waals surface area contributed by atoms with Crippen LogP contribution in [0.5, 0.6) is 0 Å². The Hall–Kier alpha value is -2.05. The third-order valence-corrected chi connectivity index (χ3v) is 6.53. The number of halogens is 1. The highest BCUT2D eigenvalue weighted by Crippen LogP contribution is 2.26. The van der Waals surface area contributed by atoms with Gasteiger partial charge in [-0.3, -0.25) is 4.79 Å². The minimum absolute atomic E-state index is 0.0487. The molecule has 0 saturated carbocycles. The van der Waals surface area contributed by atoms with E-state index in [1.54, 1.807) is 24.3 Å². The Kier molecular flexibility index (Phi) is 5.01. The van der Waals surface area contributed by atoms with E-state index in [2.05, 4.69) is 0 Å². The smallest absolute Gasteiger partial charge is 0.243 e. The molecular weight excluding hydrogens is 341 g/mol. The van der Waals surface area contributed by atoms with Crippen LogP contribution in [0, 0.1) is 18.7 Å². The summed E-state index contributed by atoms with van der Waals surface area (Å²) in [6.07, 6.45) is 0.947. The summed E-state index contributed by atoms with van der Waals surface area (Å²) in [6, 6.07) is 12.3. The number of benzene rings is 2. The Morgan fingerprint density at radius 2 is 1.56 bits per heavy atom. The highest BCUT2D eigenvalue weighted by molar-refractivity contribution is 7.89. The van der Waals surface area contributed by atoms with Crippen molar-refractivity contribution in [3.8, 4) is 0 Å². The monoisotopic (exact) mass is 361 g/mol. The van der Waals surface area contributed by atoms with Gasteiger partial charge in [-0.1, -0.05) is 17.7 Å². The molecule has 2 aromatic carbocycles. The number of hydrogen-bond donors (Lipinski definition) is 0. The van der Waals surface area contributed by atoms with Crippen LogP contribution in [0.2, 0.25) is 0 Å². The molecule has 0 N–H and O–H groups in total. The molecule has 1 heterocycles. The summed E-state index contributed by atoms with van der Waals surface area (Å²) in [5.74, 6) is -0.655. The van der Waals surface area contributed by atoms with E-state index < -0.39 is 10.0 Å². The van der Waals surface area contributed by atoms with Gasteiger partial charge in [0.2, 0.25) is 10.0 Å². The summed E-state index contributed by atoms with van der Waals surface area (Å²) in [7, 11) is -3.53. The molecule has 2 aromatic rings. The maximum Gasteiger partial charge on any atom is 0.243 e. The van der Waals surface area contributed by atoms with Gasteiger partial charge < -0.3 is 0 Å². The van der Waals surface area contributed by atoms with E-state index >= 15 is 0 Å². The zero-order valence-electron chi connectivity index (χ0n) is 14.0. The number of sulfonamides is 1. The number of hydrogen-bond acceptors (Lipinski definition) is 3. The first kappa shape index (κ1) is 17.8. The first-order valence-electron chi connectivity index (χ1n) is 8.24. The number of rotatable bonds is 4. The van der Waals surface area contributed by atoms with Gasteiger partial charge >= 0.3 is 0 Å². The van der Waals surface area contributed by atoms with E-state index in [0.29, 0.717) is 31.5 Å². The van der Waals surface area contributed by atoms with Crippen LogP contribution in [-0.4, -0.2) is 31.6 Å². The lowest BCUT2D eigenvalue weighted by Gasteiger charge is -2.30. The SMILES string of the molecule is Cc1ccc(S(=O)(=O)N2CCC(C(=O)c3ccc(F)cc3)CC2)cc1. The molecule has 0 amide bonds. The molecule has 0 radical (unpaired) electrons. The summed E-state index contributed by atoms with van der Waals surface area (Å²) in [5, 5.41) is 0. The molecule has 1 aliphatic heterocycles. The van der Waals surface area contributed by atoms with Crippen molar-refractivity contribution in [1.29, 1.82) is 0 Å². The first-order valence-corrected chi connectivity index (χ1v) is 9.68. The van der Waals surface area contributed by atoms with Gasteiger partial charge in [-0.25, -0.2) is 12.8 Å². The molecular formula is C19H20FNO3S. The van der Waals surface area contributed by atoms with Gasteiger partial charge in [0.25, 0.3) is 0 Å². The Morgan fingerprint density at radius 3 is 2.12 bits per heavy atom. The number of ketones is 1. The summed E-state index contributed by atoms with van der Waals surface area (Å²) in [4.78, 5) is 12.8. The molecule has 0 unspecified atom stereocenters. The lowest BCUT2D eigenvalue weighted by Crippen LogP contribution is -2.40. The predicted octanol–water partition coefficient (Wildman–Crippen LogP) is 3.42. The molecule has 0 atom stereocenters. The first-order chi connectivity index (χ1) is 11.9. The Balaban J connectivity index is 1.68. The fourth-order valence-corrected chi connectivity index (χ4v) is 4.54. The van der Waals surface area contributed by atoms with Crippen molar-refractivity contribution in [2.75, 3.05) is 13.1 Å². The highest BCUT2D eigenvalue weighted by atomic mass is 32.2. The molecule has 0 bridgehead atoms. The molecule has 6 heteroatoms. The van der Waals surface area contributed by atoms with Crippen molar-refractivity contribution in [3.05, 3.63) is 65.5 Å². The van der Waals surface area contributed by atoms with Crippen molar-refractivity contribution in [2.24, 2.45) is 5.92 Å². The summed E-state index contributed by atoms with van der Waals surface area (Å²) < 4.78 is 39.8. The second-order valence-electron chi connectivity index (χ2n) is 6.36. The van der Waals surface area contributed by atoms with Crippen molar-refractivity contribution < 1.29 is 17.6 Å². The third-order valence-electron chi connectivity index (χ3n) is 4.61. The molecule has 1 saturated heterocycles. The second kappa shape index (κ2) is 7.06. The van der Waals surface area contributed by atoms with Crippen molar-refractivity contribution in [1.82, 2.24) is 4.31 Å². The number of carbonyl (C=O) groups excluding carboxylic acids is 1. The van der Waals surface area contributed by atoms with E-state index in [1.165, 1.54) is 28.6 Å². The van der Waals surface area contributed by atoms with Gasteiger partial charge in [0.05, 0.1) is 4.90 Å². The minimum atomic E-state index is -3.53. The van der Waals surface area contributed by atoms with E-state index in [4.69, 9.17) is 0 Å². The second-order valence-corrected chi connectivity index (χ2v) is 8.30. The minimum Gasteiger partial charge on any atom is -0.294 e. The van der Waals surface area contributed by atoms with Crippen LogP contribution >= 0.6 is 0 Å². The van der Waals surface area contributed by atoms with E-state index in [-0.39, 0.29) is 22.4 Å². The molecule has 0 spiro atoms. The average Bonchev–Trinajstić information content (AvgIpc) is 2.62. The standard InChI is InChI=1S/C19H20FNO3S/c1-14-2-8-18(9-3-14)25(23,24)21-12-10-16(11-13-21)19(22)15-4-6-17(20)7-5-15/h2-9,16H,10-13H2,1H3. The number of nitrogens with zero attached hydrogens (tertiary/aromatic N) is 1. The van der Waals surface area contributed by atoms with Gasteiger partial charge in [-0.15, -0.1) is 0 Å². The van der Waals surface area contributed by atoms with Crippen molar-refractivity contribution in [2.45, 2.75) is 24.7 Å². The van der Waals surface area contributed by atoms with Crippen LogP contribution in [-0.2, 0) is 10.0 Å². The average molecular weight is 361 g/mol. The van der Waals surface area contributed by atoms with E-state index in [1.807, 2.05) is 6.92 Å². The highest BCUT2D eigenvalue weighted by Gasteiger charge is 2.32. The molecule has 132 valence electrons. The topological polar surface area (TPSA) is 54.5 Å². The number of carbonyl (C=O) groups is 1. The predicted molar refractivity (Wildman–Crippen MR) is 93.4 cm³/mol. The normalized spacial score (nSPS) is 16.7. The van der Waals surface area contributed by atoms with Gasteiger partial charge in [0, 0.05) is 24.6 Å². The van der Waals surface area contributed by atoms with Crippen LogP contribution in [0.15, 0.2) is 53.4 Å². The van der Waals surface area contributed by atoms with Gasteiger partial charge in [0.1, 0.15) is 5.82 Å². The molecule has 3 rings (SSSR count). The summed E-state index contributed by atoms with van der Waals surface area (Å²) in [5.41, 5.74) is 1.48. The Bertz CT molecular complexity index is 853. The molecule has 1 fully saturated rings. The maximum absolute atomic E-state index is 13.0. The van der Waals surface area contributed by atoms with E-state index in [0.717, 1.165) is 5.56 Å². The van der Waals surface area contributed by atoms with Gasteiger partial charge in [-0.05, 0) is 56.2 Å². The molecule has 4 nitrogen and oxygen atoms in total. The Labute approximate surface area is 147 Å². The molecule has 0 aromatic heterocycles. The zero-order chi connectivity index (χ0) is 18.0. The lowest BCUT2D eigenvalue weighted by molar-refractivity contribution is 0.0875. The van der Waals surface area contributed by atoms with Crippen LogP contribution in [0.25, 0.3) is 0 Å². The van der Waals surface area contributed by atoms with Crippen molar-refractivity contribution in [3.63, 3.8) is 0 Å². The van der Waals surface area contributed by atoms with Crippen LogP contribution < -0.4 is 0 Å². The molecule has 25 heavy (non-hydrogen) atoms. The number of piperidine rings is 1. The lowest BCUT2D eigenvalue weighted by atomic mass is 9.90. The van der Waals surface area contributed by atoms with E-state index in [9.17, 15) is 17.6 Å². The number of Topliss-reactive ketones (excluding diaryl/α,β-unsaturated/α-hetero) is 1. The van der Waals surface area contributed by atoms with Gasteiger partial charge in [-0.2, -0.15) is 4.31 Å². The zero-order valence-corrected chi connectivity index (χ0v) is 14.8. The quantitative estimate of drug-likeness (QED) is 0.784. The number of aryl methyl sites for hydroxylation is 1. The fourth-order valence-electron chi connectivity index (χ4n) is 3.07. The van der Waals surface area contributed by atoms with Crippen molar-refractivity contribution >= 4 is 15.8 Å². The molecule has 0 aliphatic carbocycles. The van der Waals surface area contributed by atoms with Crippen LogP contribution in [0.4, 0.5) is 4.39 Å². The third kappa shape index (κ3) is 3.80. The van der Waals surface area contributed by atoms with Crippen LogP contribution in [0.1, 0.15) is 28.8 Å². The summed E-state index contributed by atoms with van der Waals surface area (Å²) in [6.45, 7) is 2.53. The largest absolute Gasteiger partial charge is 0.294 e. The van der Waals surface area contributed by atoms with Crippen LogP contribution in [0.3, 0.4) is 0 Å². The fraction of sp³-hybridized carbons (Fsp3) is 0.316. The Morgan fingerprint density at radius 1 is 1.00 bits per heavy atom. The molecule has 1 aliphatic rings.